The highest BCUT2D eigenvalue weighted by Gasteiger charge is 2.28. The van der Waals surface area contributed by atoms with E-state index in [-0.39, 0.29) is 18.5 Å². The summed E-state index contributed by atoms with van der Waals surface area (Å²) < 4.78 is 0. The molecule has 34 heavy (non-hydrogen) atoms. The summed E-state index contributed by atoms with van der Waals surface area (Å²) in [5.74, 6) is -0.961. The van der Waals surface area contributed by atoms with Gasteiger partial charge in [-0.2, -0.15) is 5.10 Å². The summed E-state index contributed by atoms with van der Waals surface area (Å²) in [5.41, 5.74) is 4.58. The summed E-state index contributed by atoms with van der Waals surface area (Å²) >= 11 is 0. The molecule has 180 valence electrons. The van der Waals surface area contributed by atoms with E-state index >= 15 is 0 Å². The summed E-state index contributed by atoms with van der Waals surface area (Å²) in [7, 11) is 2.12. The lowest BCUT2D eigenvalue weighted by molar-refractivity contribution is -0.139. The van der Waals surface area contributed by atoms with Crippen LogP contribution in [-0.2, 0) is 11.2 Å². The molecule has 2 aromatic rings. The summed E-state index contributed by atoms with van der Waals surface area (Å²) in [4.78, 5) is 28.4. The van der Waals surface area contributed by atoms with Gasteiger partial charge in [-0.15, -0.1) is 0 Å². The first-order chi connectivity index (χ1) is 16.4. The fraction of sp³-hybridized carbons (Fsp3) is 0.423. The number of hydrogen-bond acceptors (Lipinski definition) is 6. The molecule has 0 bridgehead atoms. The molecule has 0 saturated carbocycles. The number of rotatable bonds is 7. The van der Waals surface area contributed by atoms with Gasteiger partial charge in [-0.3, -0.25) is 19.5 Å². The van der Waals surface area contributed by atoms with E-state index in [4.69, 9.17) is 0 Å². The number of nitrogens with one attached hydrogen (secondary N) is 1. The van der Waals surface area contributed by atoms with Gasteiger partial charge in [0.15, 0.2) is 0 Å². The maximum absolute atomic E-state index is 12.9. The number of carbonyl (C=O) groups is 2. The lowest BCUT2D eigenvalue weighted by Crippen LogP contribution is -2.41. The van der Waals surface area contributed by atoms with Crippen molar-refractivity contribution in [3.63, 3.8) is 0 Å². The van der Waals surface area contributed by atoms with Crippen molar-refractivity contribution in [2.24, 2.45) is 5.10 Å². The topological polar surface area (TPSA) is 88.5 Å². The number of fused-ring (bicyclic) bond motifs is 1. The first-order valence-corrected chi connectivity index (χ1v) is 11.9. The van der Waals surface area contributed by atoms with Crippen molar-refractivity contribution in [2.75, 3.05) is 51.6 Å². The zero-order chi connectivity index (χ0) is 24.1. The molecule has 8 nitrogen and oxygen atoms in total. The van der Waals surface area contributed by atoms with Gasteiger partial charge in [-0.25, -0.2) is 0 Å². The minimum atomic E-state index is -0.811. The van der Waals surface area contributed by atoms with Gasteiger partial charge in [0.1, 0.15) is 0 Å². The smallest absolute Gasteiger partial charge is 0.317 e. The van der Waals surface area contributed by atoms with Crippen LogP contribution >= 0.6 is 0 Å². The molecule has 2 aliphatic rings. The Kier molecular flexibility index (Phi) is 7.59. The van der Waals surface area contributed by atoms with Gasteiger partial charge < -0.3 is 15.3 Å². The van der Waals surface area contributed by atoms with Crippen LogP contribution in [0.25, 0.3) is 0 Å². The Morgan fingerprint density at radius 1 is 1.09 bits per heavy atom. The molecular weight excluding hydrogens is 430 g/mol. The fourth-order valence-corrected chi connectivity index (χ4v) is 4.66. The van der Waals surface area contributed by atoms with Crippen LogP contribution in [0, 0.1) is 0 Å². The molecule has 0 radical (unpaired) electrons. The second-order valence-electron chi connectivity index (χ2n) is 9.03. The Labute approximate surface area is 200 Å². The Bertz CT molecular complexity index is 1040. The molecule has 1 amide bonds. The number of likely N-dealkylation sites (N-methyl/N-ethyl adjacent to an activating group) is 1. The molecule has 8 heteroatoms. The zero-order valence-corrected chi connectivity index (χ0v) is 19.9. The zero-order valence-electron chi connectivity index (χ0n) is 19.9. The molecule has 4 rings (SSSR count). The number of benzene rings is 2. The first kappa shape index (κ1) is 23.9. The van der Waals surface area contributed by atoms with Gasteiger partial charge in [-0.05, 0) is 60.8 Å². The summed E-state index contributed by atoms with van der Waals surface area (Å²) in [6, 6.07) is 13.5. The largest absolute Gasteiger partial charge is 0.480 e. The van der Waals surface area contributed by atoms with E-state index < -0.39 is 5.97 Å². The number of amides is 1. The van der Waals surface area contributed by atoms with Crippen molar-refractivity contribution in [1.29, 1.82) is 0 Å². The van der Waals surface area contributed by atoms with Crippen molar-refractivity contribution in [2.45, 2.75) is 25.8 Å². The molecule has 1 fully saturated rings. The van der Waals surface area contributed by atoms with Gasteiger partial charge in [0.2, 0.25) is 0 Å². The van der Waals surface area contributed by atoms with Crippen LogP contribution in [0.4, 0.5) is 5.69 Å². The molecule has 2 aliphatic heterocycles. The molecule has 2 heterocycles. The number of carboxylic acid groups (broad SMARTS) is 1. The highest BCUT2D eigenvalue weighted by atomic mass is 16.4. The van der Waals surface area contributed by atoms with E-state index in [9.17, 15) is 14.7 Å². The Morgan fingerprint density at radius 2 is 1.82 bits per heavy atom. The summed E-state index contributed by atoms with van der Waals surface area (Å²) in [6.45, 7) is 6.68. The van der Waals surface area contributed by atoms with Gasteiger partial charge >= 0.3 is 5.97 Å². The van der Waals surface area contributed by atoms with Crippen LogP contribution in [0.5, 0.6) is 0 Å². The second kappa shape index (κ2) is 10.8. The third-order valence-electron chi connectivity index (χ3n) is 6.62. The number of aliphatic carboxylic acids is 1. The minimum Gasteiger partial charge on any atom is -0.480 e. The van der Waals surface area contributed by atoms with E-state index in [0.29, 0.717) is 12.1 Å². The van der Waals surface area contributed by atoms with Crippen LogP contribution < -0.4 is 5.32 Å². The average Bonchev–Trinajstić information content (AvgIpc) is 2.84. The van der Waals surface area contributed by atoms with Crippen molar-refractivity contribution in [3.8, 4) is 0 Å². The van der Waals surface area contributed by atoms with Crippen LogP contribution in [0.2, 0.25) is 0 Å². The predicted octanol–water partition coefficient (Wildman–Crippen LogP) is 2.91. The Morgan fingerprint density at radius 3 is 2.50 bits per heavy atom. The van der Waals surface area contributed by atoms with E-state index in [1.165, 1.54) is 0 Å². The normalized spacial score (nSPS) is 19.2. The lowest BCUT2D eigenvalue weighted by atomic mass is 9.89. The number of piperazine rings is 1. The van der Waals surface area contributed by atoms with Gasteiger partial charge in [-0.1, -0.05) is 25.1 Å². The molecule has 0 aromatic heterocycles. The Balaban J connectivity index is 1.38. The van der Waals surface area contributed by atoms with E-state index in [1.54, 1.807) is 0 Å². The highest BCUT2D eigenvalue weighted by Crippen LogP contribution is 2.32. The summed E-state index contributed by atoms with van der Waals surface area (Å²) in [6.07, 6.45) is 3.43. The lowest BCUT2D eigenvalue weighted by Gasteiger charge is -2.36. The first-order valence-electron chi connectivity index (χ1n) is 11.9. The minimum absolute atomic E-state index is 0.0380. The maximum Gasteiger partial charge on any atom is 0.317 e. The SMILES string of the molecule is CCC1c2ccc(C(=O)Nc3ccc(C=NN4CCN(C)CC4)cc3)cc2CCN1CC(=O)O. The molecule has 2 N–H and O–H groups in total. The number of hydrazone groups is 1. The molecule has 0 aliphatic carbocycles. The van der Waals surface area contributed by atoms with Crippen molar-refractivity contribution in [1.82, 2.24) is 14.8 Å². The number of carbonyl (C=O) groups excluding carboxylic acids is 1. The quantitative estimate of drug-likeness (QED) is 0.614. The average molecular weight is 464 g/mol. The number of carboxylic acids is 1. The van der Waals surface area contributed by atoms with E-state index in [0.717, 1.165) is 61.4 Å². The van der Waals surface area contributed by atoms with Crippen molar-refractivity contribution < 1.29 is 14.7 Å². The molecule has 0 spiro atoms. The fourth-order valence-electron chi connectivity index (χ4n) is 4.66. The number of anilines is 1. The standard InChI is InChI=1S/C26H33N5O3/c1-3-24-23-9-6-21(16-20(23)10-11-30(24)18-25(32)33)26(34)28-22-7-4-19(5-8-22)17-27-31-14-12-29(2)13-15-31/h4-9,16-17,24H,3,10-15,18H2,1-2H3,(H,28,34)(H,32,33). The molecular formula is C26H33N5O3. The van der Waals surface area contributed by atoms with Crippen LogP contribution in [-0.4, -0.2) is 84.3 Å². The van der Waals surface area contributed by atoms with Gasteiger partial charge in [0, 0.05) is 50.0 Å². The second-order valence-corrected chi connectivity index (χ2v) is 9.03. The van der Waals surface area contributed by atoms with Crippen LogP contribution in [0.3, 0.4) is 0 Å². The van der Waals surface area contributed by atoms with Gasteiger partial charge in [0.25, 0.3) is 5.91 Å². The van der Waals surface area contributed by atoms with Crippen molar-refractivity contribution >= 4 is 23.8 Å². The predicted molar refractivity (Wildman–Crippen MR) is 133 cm³/mol. The van der Waals surface area contributed by atoms with E-state index in [1.807, 2.05) is 53.6 Å². The third-order valence-corrected chi connectivity index (χ3v) is 6.62. The van der Waals surface area contributed by atoms with Crippen LogP contribution in [0.1, 0.15) is 46.4 Å². The highest BCUT2D eigenvalue weighted by molar-refractivity contribution is 6.04. The van der Waals surface area contributed by atoms with E-state index in [2.05, 4.69) is 34.3 Å². The summed E-state index contributed by atoms with van der Waals surface area (Å²) in [5, 5.41) is 18.8. The monoisotopic (exact) mass is 463 g/mol. The van der Waals surface area contributed by atoms with Crippen molar-refractivity contribution in [3.05, 3.63) is 64.7 Å². The molecule has 1 saturated heterocycles. The Hall–Kier alpha value is -3.23. The molecule has 2 aromatic carbocycles. The molecule has 1 atom stereocenters. The number of nitrogens with zero attached hydrogens (tertiary/aromatic N) is 4. The van der Waals surface area contributed by atoms with Crippen LogP contribution in [0.15, 0.2) is 47.6 Å². The van der Waals surface area contributed by atoms with Gasteiger partial charge in [0.05, 0.1) is 12.8 Å². The maximum atomic E-state index is 12.9. The molecule has 1 unspecified atom stereocenters. The number of hydrogen-bond donors (Lipinski definition) is 2. The third kappa shape index (κ3) is 5.81.